The van der Waals surface area contributed by atoms with Crippen LogP contribution in [0.4, 0.5) is 11.4 Å². The molecule has 0 saturated carbocycles. The van der Waals surface area contributed by atoms with Crippen molar-refractivity contribution in [1.29, 1.82) is 0 Å². The Morgan fingerprint density at radius 1 is 1.06 bits per heavy atom. The summed E-state index contributed by atoms with van der Waals surface area (Å²) in [7, 11) is 1.45. The standard InChI is InChI=1S/C24H18N2O6/c1-14-17(7-5-8-20(14)26(29)30)23(27)25-19-13-15(10-11-22(19)31-2)18-12-16-6-3-4-9-21(16)32-24(18)28/h3-13H,1-2H3,(H,25,27). The third-order valence-electron chi connectivity index (χ3n) is 5.15. The number of nitrogens with zero attached hydrogens (tertiary/aromatic N) is 1. The summed E-state index contributed by atoms with van der Waals surface area (Å²) in [4.78, 5) is 36.1. The van der Waals surface area contributed by atoms with Crippen molar-refractivity contribution < 1.29 is 18.9 Å². The molecule has 8 heteroatoms. The second kappa shape index (κ2) is 8.35. The number of nitro groups is 1. The average molecular weight is 430 g/mol. The zero-order valence-corrected chi connectivity index (χ0v) is 17.2. The smallest absolute Gasteiger partial charge is 0.344 e. The number of fused-ring (bicyclic) bond motifs is 1. The van der Waals surface area contributed by atoms with Gasteiger partial charge in [-0.15, -0.1) is 0 Å². The number of ether oxygens (including phenoxy) is 1. The van der Waals surface area contributed by atoms with Gasteiger partial charge >= 0.3 is 5.63 Å². The number of carbonyl (C=O) groups is 1. The van der Waals surface area contributed by atoms with E-state index < -0.39 is 16.5 Å². The quantitative estimate of drug-likeness (QED) is 0.273. The van der Waals surface area contributed by atoms with Crippen LogP contribution >= 0.6 is 0 Å². The molecule has 0 atom stereocenters. The number of nitrogens with one attached hydrogen (secondary N) is 1. The normalized spacial score (nSPS) is 10.7. The fourth-order valence-electron chi connectivity index (χ4n) is 3.49. The molecule has 8 nitrogen and oxygen atoms in total. The van der Waals surface area contributed by atoms with Crippen LogP contribution in [-0.2, 0) is 0 Å². The van der Waals surface area contributed by atoms with E-state index in [4.69, 9.17) is 9.15 Å². The van der Waals surface area contributed by atoms with Crippen molar-refractivity contribution >= 4 is 28.3 Å². The number of benzene rings is 3. The van der Waals surface area contributed by atoms with Crippen LogP contribution in [0.1, 0.15) is 15.9 Å². The van der Waals surface area contributed by atoms with Crippen molar-refractivity contribution in [2.24, 2.45) is 0 Å². The van der Waals surface area contributed by atoms with Crippen LogP contribution in [0.3, 0.4) is 0 Å². The lowest BCUT2D eigenvalue weighted by Gasteiger charge is -2.13. The summed E-state index contributed by atoms with van der Waals surface area (Å²) in [5.41, 5.74) is 1.40. The van der Waals surface area contributed by atoms with Gasteiger partial charge in [0.1, 0.15) is 11.3 Å². The first kappa shape index (κ1) is 20.8. The Kier molecular flexibility index (Phi) is 5.43. The Bertz CT molecular complexity index is 1420. The lowest BCUT2D eigenvalue weighted by molar-refractivity contribution is -0.385. The van der Waals surface area contributed by atoms with Gasteiger partial charge in [-0.3, -0.25) is 14.9 Å². The number of anilines is 1. The van der Waals surface area contributed by atoms with E-state index in [-0.39, 0.29) is 16.8 Å². The third-order valence-corrected chi connectivity index (χ3v) is 5.15. The summed E-state index contributed by atoms with van der Waals surface area (Å²) in [6.07, 6.45) is 0. The van der Waals surface area contributed by atoms with Gasteiger partial charge in [-0.2, -0.15) is 0 Å². The van der Waals surface area contributed by atoms with Crippen LogP contribution in [0.25, 0.3) is 22.1 Å². The van der Waals surface area contributed by atoms with E-state index in [0.29, 0.717) is 28.1 Å². The molecule has 160 valence electrons. The maximum atomic E-state index is 12.9. The zero-order chi connectivity index (χ0) is 22.8. The molecule has 1 amide bonds. The molecular weight excluding hydrogens is 412 g/mol. The molecule has 0 bridgehead atoms. The highest BCUT2D eigenvalue weighted by atomic mass is 16.6. The topological polar surface area (TPSA) is 112 Å². The predicted octanol–water partition coefficient (Wildman–Crippen LogP) is 4.94. The molecule has 0 unspecified atom stereocenters. The molecule has 0 spiro atoms. The molecule has 0 saturated heterocycles. The molecule has 1 aromatic heterocycles. The molecule has 0 aliphatic heterocycles. The van der Waals surface area contributed by atoms with Gasteiger partial charge < -0.3 is 14.5 Å². The van der Waals surface area contributed by atoms with Crippen LogP contribution < -0.4 is 15.7 Å². The van der Waals surface area contributed by atoms with E-state index in [0.717, 1.165) is 5.39 Å². The summed E-state index contributed by atoms with van der Waals surface area (Å²) in [6, 6.07) is 18.1. The Balaban J connectivity index is 1.75. The minimum absolute atomic E-state index is 0.146. The van der Waals surface area contributed by atoms with E-state index in [1.54, 1.807) is 36.4 Å². The van der Waals surface area contributed by atoms with Gasteiger partial charge in [-0.25, -0.2) is 4.79 Å². The number of para-hydroxylation sites is 1. The number of nitro benzene ring substituents is 1. The molecule has 0 radical (unpaired) electrons. The minimum atomic E-state index is -0.535. The van der Waals surface area contributed by atoms with Gasteiger partial charge in [0.05, 0.1) is 23.3 Å². The van der Waals surface area contributed by atoms with Crippen LogP contribution in [0, 0.1) is 17.0 Å². The molecule has 32 heavy (non-hydrogen) atoms. The van der Waals surface area contributed by atoms with Gasteiger partial charge in [-0.1, -0.05) is 30.3 Å². The van der Waals surface area contributed by atoms with Gasteiger partial charge in [0, 0.05) is 22.6 Å². The van der Waals surface area contributed by atoms with Crippen LogP contribution in [-0.4, -0.2) is 17.9 Å². The largest absolute Gasteiger partial charge is 0.495 e. The van der Waals surface area contributed by atoms with Crippen molar-refractivity contribution in [1.82, 2.24) is 0 Å². The molecule has 0 fully saturated rings. The highest BCUT2D eigenvalue weighted by Gasteiger charge is 2.19. The van der Waals surface area contributed by atoms with E-state index in [2.05, 4.69) is 5.32 Å². The summed E-state index contributed by atoms with van der Waals surface area (Å²) in [5, 5.41) is 14.7. The zero-order valence-electron chi connectivity index (χ0n) is 17.2. The van der Waals surface area contributed by atoms with E-state index >= 15 is 0 Å². The molecule has 4 rings (SSSR count). The summed E-state index contributed by atoms with van der Waals surface area (Å²) >= 11 is 0. The number of hydrogen-bond donors (Lipinski definition) is 1. The van der Waals surface area contributed by atoms with E-state index in [9.17, 15) is 19.7 Å². The highest BCUT2D eigenvalue weighted by Crippen LogP contribution is 2.31. The number of amides is 1. The maximum absolute atomic E-state index is 12.9. The SMILES string of the molecule is COc1ccc(-c2cc3ccccc3oc2=O)cc1NC(=O)c1cccc([N+](=O)[O-])c1C. The fourth-order valence-corrected chi connectivity index (χ4v) is 3.49. The Hall–Kier alpha value is -4.46. The van der Waals surface area contributed by atoms with Crippen molar-refractivity contribution in [3.8, 4) is 16.9 Å². The van der Waals surface area contributed by atoms with Gasteiger partial charge in [0.25, 0.3) is 11.6 Å². The van der Waals surface area contributed by atoms with Crippen LogP contribution in [0.2, 0.25) is 0 Å². The second-order valence-corrected chi connectivity index (χ2v) is 7.06. The van der Waals surface area contributed by atoms with E-state index in [1.807, 2.05) is 12.1 Å². The molecule has 4 aromatic rings. The first-order chi connectivity index (χ1) is 15.4. The van der Waals surface area contributed by atoms with Crippen molar-refractivity contribution in [2.45, 2.75) is 6.92 Å². The molecular formula is C24H18N2O6. The van der Waals surface area contributed by atoms with E-state index in [1.165, 1.54) is 32.2 Å². The Morgan fingerprint density at radius 3 is 2.59 bits per heavy atom. The first-order valence-corrected chi connectivity index (χ1v) is 9.65. The molecule has 1 N–H and O–H groups in total. The third kappa shape index (κ3) is 3.81. The molecule has 0 aliphatic rings. The maximum Gasteiger partial charge on any atom is 0.344 e. The lowest BCUT2D eigenvalue weighted by atomic mass is 10.0. The number of carbonyl (C=O) groups excluding carboxylic acids is 1. The summed E-state index contributed by atoms with van der Waals surface area (Å²) in [6.45, 7) is 1.51. The van der Waals surface area contributed by atoms with Crippen LogP contribution in [0.15, 0.2) is 75.9 Å². The van der Waals surface area contributed by atoms with Crippen molar-refractivity contribution in [2.75, 3.05) is 12.4 Å². The Labute approximate surface area is 182 Å². The van der Waals surface area contributed by atoms with Crippen molar-refractivity contribution in [3.05, 3.63) is 98.4 Å². The first-order valence-electron chi connectivity index (χ1n) is 9.65. The summed E-state index contributed by atoms with van der Waals surface area (Å²) < 4.78 is 10.7. The lowest BCUT2D eigenvalue weighted by Crippen LogP contribution is -2.15. The average Bonchev–Trinajstić information content (AvgIpc) is 2.78. The predicted molar refractivity (Wildman–Crippen MR) is 120 cm³/mol. The van der Waals surface area contributed by atoms with Crippen molar-refractivity contribution in [3.63, 3.8) is 0 Å². The van der Waals surface area contributed by atoms with Gasteiger partial charge in [0.15, 0.2) is 0 Å². The number of rotatable bonds is 5. The molecule has 3 aromatic carbocycles. The Morgan fingerprint density at radius 2 is 1.84 bits per heavy atom. The second-order valence-electron chi connectivity index (χ2n) is 7.06. The number of hydrogen-bond acceptors (Lipinski definition) is 6. The van der Waals surface area contributed by atoms with Crippen LogP contribution in [0.5, 0.6) is 5.75 Å². The summed E-state index contributed by atoms with van der Waals surface area (Å²) in [5.74, 6) is -0.164. The van der Waals surface area contributed by atoms with Gasteiger partial charge in [0.2, 0.25) is 0 Å². The minimum Gasteiger partial charge on any atom is -0.495 e. The van der Waals surface area contributed by atoms with Gasteiger partial charge in [-0.05, 0) is 42.8 Å². The monoisotopic (exact) mass is 430 g/mol. The molecule has 0 aliphatic carbocycles. The number of methoxy groups -OCH3 is 1. The fraction of sp³-hybridized carbons (Fsp3) is 0.0833. The highest BCUT2D eigenvalue weighted by molar-refractivity contribution is 6.07. The molecule has 1 heterocycles.